The third-order valence-corrected chi connectivity index (χ3v) is 9.35. The van der Waals surface area contributed by atoms with Gasteiger partial charge in [-0.25, -0.2) is 13.2 Å². The first-order valence-corrected chi connectivity index (χ1v) is 16.9. The summed E-state index contributed by atoms with van der Waals surface area (Å²) in [6.07, 6.45) is 5.72. The van der Waals surface area contributed by atoms with Gasteiger partial charge in [0.1, 0.15) is 0 Å². The zero-order valence-corrected chi connectivity index (χ0v) is 26.2. The Hall–Kier alpha value is -4.54. The number of fused-ring (bicyclic) bond motifs is 1. The topological polar surface area (TPSA) is 140 Å². The standard InChI is InChI=1S/C35H40N4O5S/c1-2-3-4-5-17-37-35(42)38-28-12-14-30(15-13-28)45(43,44)39-29-11-7-10-26(21-29)25-9-6-8-24(19-25)20-32-31-23-34(41)33(40)22-27(31)16-18-36-32/h6-15,19,21-23,32,36,39-41H,2-5,16-18,20H2,1H3,(H2,37,38,42). The van der Waals surface area contributed by atoms with Gasteiger partial charge in [-0.2, -0.15) is 0 Å². The van der Waals surface area contributed by atoms with E-state index in [2.05, 4.69) is 33.7 Å². The molecule has 1 atom stereocenters. The molecule has 0 radical (unpaired) electrons. The molecule has 0 aromatic heterocycles. The number of carbonyl (C=O) groups excluding carboxylic acids is 1. The molecule has 2 amide bonds. The fourth-order valence-corrected chi connectivity index (χ4v) is 6.64. The maximum atomic E-state index is 13.2. The molecular formula is C35H40N4O5S. The van der Waals surface area contributed by atoms with Crippen LogP contribution in [-0.4, -0.2) is 37.8 Å². The monoisotopic (exact) mass is 628 g/mol. The predicted octanol–water partition coefficient (Wildman–Crippen LogP) is 6.70. The Morgan fingerprint density at radius 3 is 2.38 bits per heavy atom. The smallest absolute Gasteiger partial charge is 0.319 e. The van der Waals surface area contributed by atoms with Crippen LogP contribution in [0.5, 0.6) is 11.5 Å². The Bertz CT molecular complexity index is 1740. The van der Waals surface area contributed by atoms with Crippen molar-refractivity contribution in [3.8, 4) is 22.6 Å². The molecule has 0 fully saturated rings. The summed E-state index contributed by atoms with van der Waals surface area (Å²) in [6, 6.07) is 24.3. The van der Waals surface area contributed by atoms with E-state index in [1.807, 2.05) is 30.3 Å². The van der Waals surface area contributed by atoms with Crippen molar-refractivity contribution in [2.45, 2.75) is 56.4 Å². The Kier molecular flexibility index (Phi) is 10.3. The number of anilines is 2. The molecule has 9 nitrogen and oxygen atoms in total. The van der Waals surface area contributed by atoms with Crippen LogP contribution in [0.25, 0.3) is 11.1 Å². The maximum Gasteiger partial charge on any atom is 0.319 e. The van der Waals surface area contributed by atoms with Crippen molar-refractivity contribution in [2.24, 2.45) is 0 Å². The highest BCUT2D eigenvalue weighted by atomic mass is 32.2. The summed E-state index contributed by atoms with van der Waals surface area (Å²) in [5.74, 6) is -0.229. The van der Waals surface area contributed by atoms with Gasteiger partial charge >= 0.3 is 6.03 Å². The van der Waals surface area contributed by atoms with E-state index >= 15 is 0 Å². The van der Waals surface area contributed by atoms with Crippen LogP contribution in [0.15, 0.2) is 89.8 Å². The molecule has 0 saturated heterocycles. The summed E-state index contributed by atoms with van der Waals surface area (Å²) in [6.45, 7) is 3.50. The third-order valence-electron chi connectivity index (χ3n) is 7.95. The first-order chi connectivity index (χ1) is 21.7. The molecule has 0 spiro atoms. The molecule has 1 heterocycles. The predicted molar refractivity (Wildman–Crippen MR) is 178 cm³/mol. The van der Waals surface area contributed by atoms with Gasteiger partial charge in [-0.05, 0) is 102 Å². The van der Waals surface area contributed by atoms with E-state index < -0.39 is 10.0 Å². The molecule has 0 bridgehead atoms. The first kappa shape index (κ1) is 31.9. The SMILES string of the molecule is CCCCCCNC(=O)Nc1ccc(S(=O)(=O)Nc2cccc(-c3cccc(CC4NCCc5cc(O)c(O)cc54)c3)c2)cc1. The number of phenolic OH excluding ortho intramolecular Hbond substituents is 2. The van der Waals surface area contributed by atoms with Crippen LogP contribution in [0.2, 0.25) is 0 Å². The molecular weight excluding hydrogens is 588 g/mol. The minimum absolute atomic E-state index is 0.0137. The number of rotatable bonds is 12. The van der Waals surface area contributed by atoms with Gasteiger partial charge < -0.3 is 26.2 Å². The number of phenols is 2. The number of amides is 2. The Labute approximate surface area is 264 Å². The molecule has 4 aromatic rings. The van der Waals surface area contributed by atoms with E-state index in [1.54, 1.807) is 36.4 Å². The molecule has 45 heavy (non-hydrogen) atoms. The third kappa shape index (κ3) is 8.34. The second-order valence-electron chi connectivity index (χ2n) is 11.4. The van der Waals surface area contributed by atoms with Crippen LogP contribution in [0.1, 0.15) is 55.3 Å². The van der Waals surface area contributed by atoms with E-state index in [0.29, 0.717) is 24.3 Å². The van der Waals surface area contributed by atoms with Crippen LogP contribution >= 0.6 is 0 Å². The number of benzene rings is 4. The van der Waals surface area contributed by atoms with Gasteiger partial charge in [0.2, 0.25) is 0 Å². The molecule has 4 aromatic carbocycles. The number of aromatic hydroxyl groups is 2. The molecule has 236 valence electrons. The Morgan fingerprint density at radius 1 is 0.867 bits per heavy atom. The zero-order valence-electron chi connectivity index (χ0n) is 25.3. The van der Waals surface area contributed by atoms with Crippen molar-refractivity contribution in [1.82, 2.24) is 10.6 Å². The summed E-state index contributed by atoms with van der Waals surface area (Å²) < 4.78 is 29.0. The second kappa shape index (κ2) is 14.5. The minimum atomic E-state index is -3.87. The lowest BCUT2D eigenvalue weighted by Gasteiger charge is -2.27. The summed E-state index contributed by atoms with van der Waals surface area (Å²) in [4.78, 5) is 12.2. The highest BCUT2D eigenvalue weighted by Gasteiger charge is 2.22. The van der Waals surface area contributed by atoms with Crippen molar-refractivity contribution >= 4 is 27.4 Å². The average Bonchev–Trinajstić information content (AvgIpc) is 3.02. The normalized spacial score (nSPS) is 14.4. The number of unbranched alkanes of at least 4 members (excludes halogenated alkanes) is 3. The van der Waals surface area contributed by atoms with E-state index in [4.69, 9.17) is 0 Å². The summed E-state index contributed by atoms with van der Waals surface area (Å²) >= 11 is 0. The van der Waals surface area contributed by atoms with Crippen LogP contribution in [0.3, 0.4) is 0 Å². The number of carbonyl (C=O) groups is 1. The number of hydrogen-bond donors (Lipinski definition) is 6. The first-order valence-electron chi connectivity index (χ1n) is 15.4. The van der Waals surface area contributed by atoms with Crippen LogP contribution < -0.4 is 20.7 Å². The van der Waals surface area contributed by atoms with Crippen molar-refractivity contribution in [1.29, 1.82) is 0 Å². The van der Waals surface area contributed by atoms with E-state index in [0.717, 1.165) is 66.5 Å². The fraction of sp³-hybridized carbons (Fsp3) is 0.286. The summed E-state index contributed by atoms with van der Waals surface area (Å²) in [5.41, 5.74) is 5.81. The lowest BCUT2D eigenvalue weighted by Crippen LogP contribution is -2.31. The van der Waals surface area contributed by atoms with Gasteiger partial charge in [0, 0.05) is 24.0 Å². The molecule has 1 aliphatic rings. The lowest BCUT2D eigenvalue weighted by atomic mass is 9.89. The zero-order chi connectivity index (χ0) is 31.8. The van der Waals surface area contributed by atoms with E-state index in [1.165, 1.54) is 12.1 Å². The average molecular weight is 629 g/mol. The fourth-order valence-electron chi connectivity index (χ4n) is 5.59. The number of urea groups is 1. The van der Waals surface area contributed by atoms with Crippen molar-refractivity contribution < 1.29 is 23.4 Å². The highest BCUT2D eigenvalue weighted by molar-refractivity contribution is 7.92. The Morgan fingerprint density at radius 2 is 1.60 bits per heavy atom. The minimum Gasteiger partial charge on any atom is -0.504 e. The van der Waals surface area contributed by atoms with Crippen LogP contribution in [0.4, 0.5) is 16.2 Å². The Balaban J connectivity index is 1.23. The van der Waals surface area contributed by atoms with Crippen LogP contribution in [0, 0.1) is 0 Å². The number of nitrogens with one attached hydrogen (secondary N) is 4. The van der Waals surface area contributed by atoms with E-state index in [9.17, 15) is 23.4 Å². The van der Waals surface area contributed by atoms with E-state index in [-0.39, 0.29) is 28.5 Å². The van der Waals surface area contributed by atoms with Gasteiger partial charge in [0.15, 0.2) is 11.5 Å². The van der Waals surface area contributed by atoms with Gasteiger partial charge in [-0.1, -0.05) is 62.6 Å². The summed E-state index contributed by atoms with van der Waals surface area (Å²) in [7, 11) is -3.87. The largest absolute Gasteiger partial charge is 0.504 e. The molecule has 0 saturated carbocycles. The highest BCUT2D eigenvalue weighted by Crippen LogP contribution is 2.35. The van der Waals surface area contributed by atoms with Gasteiger partial charge in [0.05, 0.1) is 4.90 Å². The van der Waals surface area contributed by atoms with Gasteiger partial charge in [0.25, 0.3) is 10.0 Å². The maximum absolute atomic E-state index is 13.2. The molecule has 10 heteroatoms. The molecule has 0 aliphatic carbocycles. The van der Waals surface area contributed by atoms with Gasteiger partial charge in [-0.3, -0.25) is 4.72 Å². The number of hydrogen-bond acceptors (Lipinski definition) is 6. The molecule has 5 rings (SSSR count). The molecule has 1 unspecified atom stereocenters. The number of sulfonamides is 1. The van der Waals surface area contributed by atoms with Crippen molar-refractivity contribution in [2.75, 3.05) is 23.1 Å². The second-order valence-corrected chi connectivity index (χ2v) is 13.0. The van der Waals surface area contributed by atoms with Crippen LogP contribution in [-0.2, 0) is 22.9 Å². The lowest BCUT2D eigenvalue weighted by molar-refractivity contribution is 0.252. The van der Waals surface area contributed by atoms with Crippen molar-refractivity contribution in [3.63, 3.8) is 0 Å². The van der Waals surface area contributed by atoms with Crippen molar-refractivity contribution in [3.05, 3.63) is 102 Å². The molecule has 1 aliphatic heterocycles. The molecule has 6 N–H and O–H groups in total. The summed E-state index contributed by atoms with van der Waals surface area (Å²) in [5, 5.41) is 29.1. The van der Waals surface area contributed by atoms with Gasteiger partial charge in [-0.15, -0.1) is 0 Å². The quantitative estimate of drug-likeness (QED) is 0.0763.